The minimum Gasteiger partial charge on any atom is -0.492 e. The standard InChI is InChI=1S/C17H18BrNO4S/c1-2-23-16-9-4-3-8-15(16)19-17(20)12-24(21,22)11-13-6-5-7-14(18)10-13/h3-10H,2,11-12H2,1H3,(H,19,20). The molecule has 0 aliphatic rings. The number of sulfone groups is 1. The maximum Gasteiger partial charge on any atom is 0.239 e. The Morgan fingerprint density at radius 2 is 1.92 bits per heavy atom. The second-order valence-electron chi connectivity index (χ2n) is 5.14. The summed E-state index contributed by atoms with van der Waals surface area (Å²) in [7, 11) is -3.57. The van der Waals surface area contributed by atoms with Gasteiger partial charge in [0.25, 0.3) is 0 Å². The van der Waals surface area contributed by atoms with Gasteiger partial charge in [-0.3, -0.25) is 4.79 Å². The lowest BCUT2D eigenvalue weighted by molar-refractivity contribution is -0.113. The summed E-state index contributed by atoms with van der Waals surface area (Å²) < 4.78 is 30.6. The maximum absolute atomic E-state index is 12.2. The summed E-state index contributed by atoms with van der Waals surface area (Å²) in [6, 6.07) is 13.9. The molecule has 2 aromatic carbocycles. The number of carbonyl (C=O) groups excluding carboxylic acids is 1. The monoisotopic (exact) mass is 411 g/mol. The van der Waals surface area contributed by atoms with Gasteiger partial charge in [-0.2, -0.15) is 0 Å². The van der Waals surface area contributed by atoms with E-state index in [1.54, 1.807) is 42.5 Å². The van der Waals surface area contributed by atoms with Crippen LogP contribution in [-0.2, 0) is 20.4 Å². The Labute approximate surface area is 150 Å². The molecule has 1 N–H and O–H groups in total. The third-order valence-corrected chi connectivity index (χ3v) is 5.06. The highest BCUT2D eigenvalue weighted by Crippen LogP contribution is 2.23. The van der Waals surface area contributed by atoms with E-state index in [2.05, 4.69) is 21.2 Å². The zero-order chi connectivity index (χ0) is 17.6. The molecule has 0 saturated heterocycles. The second-order valence-corrected chi connectivity index (χ2v) is 8.12. The van der Waals surface area contributed by atoms with E-state index in [1.807, 2.05) is 13.0 Å². The first kappa shape index (κ1) is 18.5. The van der Waals surface area contributed by atoms with Crippen molar-refractivity contribution < 1.29 is 17.9 Å². The van der Waals surface area contributed by atoms with Crippen molar-refractivity contribution >= 4 is 37.4 Å². The summed E-state index contributed by atoms with van der Waals surface area (Å²) >= 11 is 3.30. The van der Waals surface area contributed by atoms with Gasteiger partial charge in [0.15, 0.2) is 9.84 Å². The highest BCUT2D eigenvalue weighted by Gasteiger charge is 2.18. The zero-order valence-corrected chi connectivity index (χ0v) is 15.6. The van der Waals surface area contributed by atoms with Crippen LogP contribution in [0.1, 0.15) is 12.5 Å². The summed E-state index contributed by atoms with van der Waals surface area (Å²) in [5, 5.41) is 2.60. The Morgan fingerprint density at radius 3 is 2.62 bits per heavy atom. The average molecular weight is 412 g/mol. The summed E-state index contributed by atoms with van der Waals surface area (Å²) in [5.41, 5.74) is 1.09. The summed E-state index contributed by atoms with van der Waals surface area (Å²) in [6.07, 6.45) is 0. The molecule has 0 saturated carbocycles. The predicted molar refractivity (Wildman–Crippen MR) is 97.9 cm³/mol. The number of hydrogen-bond acceptors (Lipinski definition) is 4. The van der Waals surface area contributed by atoms with Crippen LogP contribution in [0.2, 0.25) is 0 Å². The van der Waals surface area contributed by atoms with Crippen LogP contribution in [0.5, 0.6) is 5.75 Å². The van der Waals surface area contributed by atoms with Gasteiger partial charge in [0, 0.05) is 4.47 Å². The van der Waals surface area contributed by atoms with Crippen LogP contribution >= 0.6 is 15.9 Å². The molecule has 2 aromatic rings. The van der Waals surface area contributed by atoms with Gasteiger partial charge in [-0.1, -0.05) is 40.2 Å². The van der Waals surface area contributed by atoms with Crippen LogP contribution in [0.15, 0.2) is 53.0 Å². The number of rotatable bonds is 7. The molecule has 7 heteroatoms. The molecule has 0 fully saturated rings. The van der Waals surface area contributed by atoms with Crippen molar-refractivity contribution in [3.63, 3.8) is 0 Å². The van der Waals surface area contributed by atoms with E-state index in [1.165, 1.54) is 0 Å². The Bertz CT molecular complexity index is 821. The number of amides is 1. The second kappa shape index (κ2) is 8.30. The number of anilines is 1. The van der Waals surface area contributed by atoms with Gasteiger partial charge in [0.2, 0.25) is 5.91 Å². The van der Waals surface area contributed by atoms with Crippen LogP contribution in [0.25, 0.3) is 0 Å². The van der Waals surface area contributed by atoms with Crippen molar-refractivity contribution in [3.8, 4) is 5.75 Å². The van der Waals surface area contributed by atoms with Gasteiger partial charge < -0.3 is 10.1 Å². The van der Waals surface area contributed by atoms with Gasteiger partial charge in [-0.25, -0.2) is 8.42 Å². The Kier molecular flexibility index (Phi) is 6.39. The van der Waals surface area contributed by atoms with Gasteiger partial charge in [0.05, 0.1) is 18.0 Å². The molecule has 0 aliphatic heterocycles. The smallest absolute Gasteiger partial charge is 0.239 e. The van der Waals surface area contributed by atoms with Crippen LogP contribution in [0.3, 0.4) is 0 Å². The maximum atomic E-state index is 12.2. The highest BCUT2D eigenvalue weighted by atomic mass is 79.9. The van der Waals surface area contributed by atoms with Crippen molar-refractivity contribution in [2.45, 2.75) is 12.7 Å². The minimum absolute atomic E-state index is 0.188. The molecule has 0 bridgehead atoms. The van der Waals surface area contributed by atoms with Gasteiger partial charge in [-0.05, 0) is 36.8 Å². The fourth-order valence-electron chi connectivity index (χ4n) is 2.17. The molecule has 0 aliphatic carbocycles. The number of hydrogen-bond donors (Lipinski definition) is 1. The summed E-state index contributed by atoms with van der Waals surface area (Å²) in [5.74, 6) is -0.845. The van der Waals surface area contributed by atoms with Crippen molar-refractivity contribution in [2.24, 2.45) is 0 Å². The van der Waals surface area contributed by atoms with Crippen LogP contribution in [-0.4, -0.2) is 26.7 Å². The normalized spacial score (nSPS) is 11.1. The fourth-order valence-corrected chi connectivity index (χ4v) is 3.88. The van der Waals surface area contributed by atoms with Crippen LogP contribution < -0.4 is 10.1 Å². The Morgan fingerprint density at radius 1 is 1.17 bits per heavy atom. The number of nitrogens with one attached hydrogen (secondary N) is 1. The number of halogens is 1. The van der Waals surface area contributed by atoms with Crippen molar-refractivity contribution in [1.82, 2.24) is 0 Å². The molecule has 0 radical (unpaired) electrons. The van der Waals surface area contributed by atoms with Crippen molar-refractivity contribution in [2.75, 3.05) is 17.7 Å². The molecule has 0 unspecified atom stereocenters. The number of benzene rings is 2. The molecule has 128 valence electrons. The number of para-hydroxylation sites is 2. The first-order chi connectivity index (χ1) is 11.4. The van der Waals surface area contributed by atoms with E-state index < -0.39 is 21.5 Å². The van der Waals surface area contributed by atoms with Crippen molar-refractivity contribution in [1.29, 1.82) is 0 Å². The lowest BCUT2D eigenvalue weighted by Gasteiger charge is -2.11. The fraction of sp³-hybridized carbons (Fsp3) is 0.235. The molecule has 0 atom stereocenters. The lowest BCUT2D eigenvalue weighted by Crippen LogP contribution is -2.24. The molecule has 24 heavy (non-hydrogen) atoms. The zero-order valence-electron chi connectivity index (χ0n) is 13.2. The molecule has 0 heterocycles. The van der Waals surface area contributed by atoms with Gasteiger partial charge in [-0.15, -0.1) is 0 Å². The van der Waals surface area contributed by atoms with E-state index in [0.717, 1.165) is 4.47 Å². The highest BCUT2D eigenvalue weighted by molar-refractivity contribution is 9.10. The molecule has 0 aromatic heterocycles. The number of ether oxygens (including phenoxy) is 1. The first-order valence-electron chi connectivity index (χ1n) is 7.36. The summed E-state index contributed by atoms with van der Waals surface area (Å²) in [6.45, 7) is 2.29. The topological polar surface area (TPSA) is 72.5 Å². The average Bonchev–Trinajstić information content (AvgIpc) is 2.48. The third kappa shape index (κ3) is 5.65. The lowest BCUT2D eigenvalue weighted by atomic mass is 10.2. The molecular formula is C17H18BrNO4S. The van der Waals surface area contributed by atoms with Gasteiger partial charge >= 0.3 is 0 Å². The van der Waals surface area contributed by atoms with E-state index in [4.69, 9.17) is 4.74 Å². The molecule has 2 rings (SSSR count). The van der Waals surface area contributed by atoms with Gasteiger partial charge in [0.1, 0.15) is 11.5 Å². The first-order valence-corrected chi connectivity index (χ1v) is 9.97. The van der Waals surface area contributed by atoms with E-state index in [9.17, 15) is 13.2 Å². The van der Waals surface area contributed by atoms with E-state index in [0.29, 0.717) is 23.6 Å². The Hall–Kier alpha value is -1.86. The number of carbonyl (C=O) groups is 1. The quantitative estimate of drug-likeness (QED) is 0.757. The van der Waals surface area contributed by atoms with Crippen LogP contribution in [0.4, 0.5) is 5.69 Å². The Balaban J connectivity index is 2.03. The molecule has 1 amide bonds. The van der Waals surface area contributed by atoms with E-state index in [-0.39, 0.29) is 5.75 Å². The predicted octanol–water partition coefficient (Wildman–Crippen LogP) is 3.40. The largest absolute Gasteiger partial charge is 0.492 e. The third-order valence-electron chi connectivity index (χ3n) is 3.09. The van der Waals surface area contributed by atoms with Crippen molar-refractivity contribution in [3.05, 3.63) is 58.6 Å². The SMILES string of the molecule is CCOc1ccccc1NC(=O)CS(=O)(=O)Cc1cccc(Br)c1. The summed E-state index contributed by atoms with van der Waals surface area (Å²) in [4.78, 5) is 12.1. The van der Waals surface area contributed by atoms with E-state index >= 15 is 0 Å². The minimum atomic E-state index is -3.57. The molecule has 0 spiro atoms. The molecule has 5 nitrogen and oxygen atoms in total. The molecular weight excluding hydrogens is 394 g/mol. The van der Waals surface area contributed by atoms with Crippen LogP contribution in [0, 0.1) is 0 Å².